The van der Waals surface area contributed by atoms with Gasteiger partial charge in [-0.15, -0.1) is 0 Å². The van der Waals surface area contributed by atoms with Crippen LogP contribution in [0, 0.1) is 0 Å². The highest BCUT2D eigenvalue weighted by molar-refractivity contribution is 6.92. The molecule has 0 saturated carbocycles. The van der Waals surface area contributed by atoms with Crippen molar-refractivity contribution in [3.63, 3.8) is 0 Å². The molecule has 2 aromatic carbocycles. The quantitative estimate of drug-likeness (QED) is 0.110. The summed E-state index contributed by atoms with van der Waals surface area (Å²) in [7, 11) is -3.61. The van der Waals surface area contributed by atoms with E-state index >= 15 is 0 Å². The van der Waals surface area contributed by atoms with Crippen molar-refractivity contribution in [3.8, 4) is 0 Å². The molecule has 196 valence electrons. The molecule has 0 fully saturated rings. The highest BCUT2D eigenvalue weighted by atomic mass is 28.4. The Balaban J connectivity index is 1.97. The molecule has 0 aliphatic carbocycles. The van der Waals surface area contributed by atoms with Gasteiger partial charge in [-0.25, -0.2) is 8.78 Å². The third kappa shape index (κ3) is 10.1. The van der Waals surface area contributed by atoms with Crippen molar-refractivity contribution >= 4 is 18.9 Å². The van der Waals surface area contributed by atoms with E-state index in [4.69, 9.17) is 8.85 Å². The van der Waals surface area contributed by atoms with Crippen molar-refractivity contribution in [1.82, 2.24) is 0 Å². The number of hydrogen-bond donors (Lipinski definition) is 0. The lowest BCUT2D eigenvalue weighted by molar-refractivity contribution is -0.151. The lowest BCUT2D eigenvalue weighted by atomic mass is 10.1. The van der Waals surface area contributed by atoms with E-state index in [0.29, 0.717) is 17.0 Å². The normalized spacial score (nSPS) is 12.4. The van der Waals surface area contributed by atoms with Gasteiger partial charge in [-0.2, -0.15) is 8.78 Å². The van der Waals surface area contributed by atoms with Crippen LogP contribution in [0.15, 0.2) is 60.7 Å². The van der Waals surface area contributed by atoms with Crippen molar-refractivity contribution in [2.45, 2.75) is 89.9 Å². The number of unbranched alkanes of at least 4 members (excludes halogenated alkanes) is 10. The number of alkyl halides is 4. The van der Waals surface area contributed by atoms with Gasteiger partial charge in [0.05, 0.1) is 0 Å². The molecule has 35 heavy (non-hydrogen) atoms. The van der Waals surface area contributed by atoms with Gasteiger partial charge in [0.15, 0.2) is 0 Å². The maximum absolute atomic E-state index is 13.9. The Labute approximate surface area is 209 Å². The summed E-state index contributed by atoms with van der Waals surface area (Å²) in [5, 5.41) is 1.25. The molecule has 0 saturated heterocycles. The molecule has 0 N–H and O–H groups in total. The summed E-state index contributed by atoms with van der Waals surface area (Å²) in [6, 6.07) is 17.8. The van der Waals surface area contributed by atoms with Gasteiger partial charge in [0.1, 0.15) is 6.61 Å². The standard InChI is InChI=1S/C28H40F4O2Si/c1-2-3-4-5-6-7-8-9-10-11-18-23-33-35(25-19-14-12-15-20-25,26-21-16-13-17-22-26)34-24-28(31,32)27(29)30/h12-17,19-22,27H,2-11,18,23-24H2,1H3. The fraction of sp³-hybridized carbons (Fsp3) is 0.571. The smallest absolute Gasteiger partial charge is 0.388 e. The topological polar surface area (TPSA) is 18.5 Å². The van der Waals surface area contributed by atoms with Gasteiger partial charge in [0.25, 0.3) is 0 Å². The Morgan fingerprint density at radius 2 is 1.09 bits per heavy atom. The van der Waals surface area contributed by atoms with Crippen LogP contribution in [0.5, 0.6) is 0 Å². The number of hydrogen-bond acceptors (Lipinski definition) is 2. The second-order valence-electron chi connectivity index (χ2n) is 9.08. The van der Waals surface area contributed by atoms with Crippen LogP contribution in [0.4, 0.5) is 17.6 Å². The zero-order valence-corrected chi connectivity index (χ0v) is 21.9. The first-order valence-corrected chi connectivity index (χ1v) is 14.8. The summed E-state index contributed by atoms with van der Waals surface area (Å²) >= 11 is 0. The molecule has 7 heteroatoms. The molecule has 0 spiro atoms. The first kappa shape index (κ1) is 29.5. The van der Waals surface area contributed by atoms with Gasteiger partial charge in [0.2, 0.25) is 0 Å². The molecule has 2 nitrogen and oxygen atoms in total. The molecular formula is C28H40F4O2Si. The third-order valence-corrected chi connectivity index (χ3v) is 9.50. The van der Waals surface area contributed by atoms with Crippen LogP contribution in [0.25, 0.3) is 0 Å². The minimum atomic E-state index is -4.25. The summed E-state index contributed by atoms with van der Waals surface area (Å²) in [5.74, 6) is -4.25. The van der Waals surface area contributed by atoms with Crippen LogP contribution < -0.4 is 10.4 Å². The minimum Gasteiger partial charge on any atom is -0.388 e. The van der Waals surface area contributed by atoms with Crippen LogP contribution in [-0.4, -0.2) is 34.1 Å². The Hall–Kier alpha value is -1.70. The summed E-state index contributed by atoms with van der Waals surface area (Å²) in [4.78, 5) is 0. The molecule has 2 aromatic rings. The first-order valence-electron chi connectivity index (χ1n) is 13.0. The van der Waals surface area contributed by atoms with Crippen LogP contribution in [0.1, 0.15) is 77.6 Å². The molecule has 0 amide bonds. The van der Waals surface area contributed by atoms with Crippen LogP contribution in [0.2, 0.25) is 0 Å². The number of benzene rings is 2. The summed E-state index contributed by atoms with van der Waals surface area (Å²) in [5.41, 5.74) is 0. The molecule has 2 rings (SSSR count). The summed E-state index contributed by atoms with van der Waals surface area (Å²) in [6.45, 7) is 1.16. The molecule has 0 aliphatic heterocycles. The van der Waals surface area contributed by atoms with Crippen LogP contribution in [-0.2, 0) is 8.85 Å². The molecule has 0 radical (unpaired) electrons. The summed E-state index contributed by atoms with van der Waals surface area (Å²) in [6.07, 6.45) is 9.22. The minimum absolute atomic E-state index is 0.327. The third-order valence-electron chi connectivity index (χ3n) is 6.15. The van der Waals surface area contributed by atoms with Gasteiger partial charge < -0.3 is 8.85 Å². The average molecular weight is 513 g/mol. The zero-order valence-electron chi connectivity index (χ0n) is 20.9. The van der Waals surface area contributed by atoms with Gasteiger partial charge in [-0.05, 0) is 16.8 Å². The maximum Gasteiger partial charge on any atom is 0.407 e. The second kappa shape index (κ2) is 16.1. The zero-order chi connectivity index (χ0) is 25.4. The van der Waals surface area contributed by atoms with E-state index in [9.17, 15) is 17.6 Å². The monoisotopic (exact) mass is 512 g/mol. The molecule has 0 heterocycles. The maximum atomic E-state index is 13.9. The SMILES string of the molecule is CCCCCCCCCCCCCO[Si](OCC(F)(F)C(F)F)(c1ccccc1)c1ccccc1. The lowest BCUT2D eigenvalue weighted by Crippen LogP contribution is -2.64. The van der Waals surface area contributed by atoms with Crippen molar-refractivity contribution in [1.29, 1.82) is 0 Å². The fourth-order valence-electron chi connectivity index (χ4n) is 4.10. The second-order valence-corrected chi connectivity index (χ2v) is 12.0. The number of halogens is 4. The largest absolute Gasteiger partial charge is 0.407 e. The van der Waals surface area contributed by atoms with E-state index in [0.717, 1.165) is 19.3 Å². The fourth-order valence-corrected chi connectivity index (χ4v) is 7.27. The predicted octanol–water partition coefficient (Wildman–Crippen LogP) is 7.49. The van der Waals surface area contributed by atoms with Gasteiger partial charge in [0, 0.05) is 6.61 Å². The van der Waals surface area contributed by atoms with E-state index in [1.54, 1.807) is 48.5 Å². The van der Waals surface area contributed by atoms with Crippen LogP contribution >= 0.6 is 0 Å². The predicted molar refractivity (Wildman–Crippen MR) is 137 cm³/mol. The Kier molecular flexibility index (Phi) is 13.6. The lowest BCUT2D eigenvalue weighted by Gasteiger charge is -2.33. The van der Waals surface area contributed by atoms with Crippen LogP contribution in [0.3, 0.4) is 0 Å². The Bertz CT molecular complexity index is 751. The highest BCUT2D eigenvalue weighted by Crippen LogP contribution is 2.25. The van der Waals surface area contributed by atoms with Gasteiger partial charge >= 0.3 is 20.9 Å². The van der Waals surface area contributed by atoms with E-state index in [2.05, 4.69) is 6.92 Å². The Morgan fingerprint density at radius 3 is 1.51 bits per heavy atom. The van der Waals surface area contributed by atoms with Crippen molar-refractivity contribution < 1.29 is 26.4 Å². The molecule has 0 bridgehead atoms. The van der Waals surface area contributed by atoms with Gasteiger partial charge in [-0.1, -0.05) is 132 Å². The van der Waals surface area contributed by atoms with E-state index in [1.807, 2.05) is 12.1 Å². The Morgan fingerprint density at radius 1 is 0.657 bits per heavy atom. The van der Waals surface area contributed by atoms with Crippen molar-refractivity contribution in [3.05, 3.63) is 60.7 Å². The molecule has 0 aromatic heterocycles. The van der Waals surface area contributed by atoms with Crippen molar-refractivity contribution in [2.24, 2.45) is 0 Å². The van der Waals surface area contributed by atoms with Gasteiger partial charge in [-0.3, -0.25) is 0 Å². The average Bonchev–Trinajstić information content (AvgIpc) is 2.87. The number of rotatable bonds is 19. The van der Waals surface area contributed by atoms with E-state index in [-0.39, 0.29) is 0 Å². The van der Waals surface area contributed by atoms with E-state index in [1.165, 1.54) is 51.4 Å². The molecule has 0 atom stereocenters. The van der Waals surface area contributed by atoms with Crippen molar-refractivity contribution in [2.75, 3.05) is 13.2 Å². The molecule has 0 aliphatic rings. The first-order chi connectivity index (χ1) is 16.9. The van der Waals surface area contributed by atoms with E-state index < -0.39 is 27.5 Å². The molecule has 0 unspecified atom stereocenters. The highest BCUT2D eigenvalue weighted by Gasteiger charge is 2.48. The molecular weight excluding hydrogens is 472 g/mol. The summed E-state index contributed by atoms with van der Waals surface area (Å²) < 4.78 is 65.6.